The van der Waals surface area contributed by atoms with Crippen LogP contribution in [0.1, 0.15) is 27.2 Å². The number of carbonyl (C=O) groups is 1. The van der Waals surface area contributed by atoms with Gasteiger partial charge in [-0.15, -0.1) is 0 Å². The van der Waals surface area contributed by atoms with Crippen LogP contribution in [0, 0.1) is 5.41 Å². The fraction of sp³-hybridized carbons (Fsp3) is 0.923. The largest absolute Gasteiger partial charge is 0.383 e. The summed E-state index contributed by atoms with van der Waals surface area (Å²) >= 11 is 0. The molecule has 102 valence electrons. The van der Waals surface area contributed by atoms with Gasteiger partial charge in [0.05, 0.1) is 13.2 Å². The average molecular weight is 245 g/mol. The number of methoxy groups -OCH3 is 2. The van der Waals surface area contributed by atoms with Crippen LogP contribution in [0.15, 0.2) is 0 Å². The zero-order valence-corrected chi connectivity index (χ0v) is 11.9. The van der Waals surface area contributed by atoms with Gasteiger partial charge in [-0.3, -0.25) is 4.90 Å². The molecule has 0 aliphatic rings. The Labute approximate surface area is 105 Å². The molecular weight excluding hydrogens is 218 g/mol. The van der Waals surface area contributed by atoms with Crippen molar-refractivity contribution in [3.8, 4) is 0 Å². The number of carbonyl (C=O) groups excluding carboxylic acids is 1. The second-order valence-electron chi connectivity index (χ2n) is 4.89. The molecular formula is C13H27NO3. The maximum Gasteiger partial charge on any atom is 0.127 e. The van der Waals surface area contributed by atoms with E-state index >= 15 is 0 Å². The Morgan fingerprint density at radius 1 is 1.35 bits per heavy atom. The molecule has 2 atom stereocenters. The van der Waals surface area contributed by atoms with Crippen LogP contribution >= 0.6 is 0 Å². The zero-order valence-electron chi connectivity index (χ0n) is 11.9. The molecule has 0 spiro atoms. The van der Waals surface area contributed by atoms with Crippen LogP contribution < -0.4 is 0 Å². The highest BCUT2D eigenvalue weighted by Gasteiger charge is 2.26. The molecule has 0 fully saturated rings. The number of rotatable bonds is 10. The van der Waals surface area contributed by atoms with Crippen LogP contribution in [-0.2, 0) is 14.3 Å². The van der Waals surface area contributed by atoms with E-state index in [1.165, 1.54) is 0 Å². The summed E-state index contributed by atoms with van der Waals surface area (Å²) < 4.78 is 10.3. The fourth-order valence-corrected chi connectivity index (χ4v) is 1.71. The molecule has 0 aromatic rings. The Morgan fingerprint density at radius 3 is 2.41 bits per heavy atom. The molecule has 4 heteroatoms. The first kappa shape index (κ1) is 16.6. The predicted molar refractivity (Wildman–Crippen MR) is 69.2 cm³/mol. The molecule has 0 saturated heterocycles. The van der Waals surface area contributed by atoms with Gasteiger partial charge in [0, 0.05) is 38.8 Å². The summed E-state index contributed by atoms with van der Waals surface area (Å²) in [4.78, 5) is 13.4. The van der Waals surface area contributed by atoms with Crippen LogP contribution in [0.3, 0.4) is 0 Å². The Kier molecular flexibility index (Phi) is 8.39. The van der Waals surface area contributed by atoms with Gasteiger partial charge in [0.1, 0.15) is 6.29 Å². The molecule has 0 aromatic heterocycles. The van der Waals surface area contributed by atoms with E-state index in [1.807, 2.05) is 13.8 Å². The highest BCUT2D eigenvalue weighted by Crippen LogP contribution is 2.20. The predicted octanol–water partition coefficient (Wildman–Crippen LogP) is 1.58. The lowest BCUT2D eigenvalue weighted by molar-refractivity contribution is -0.117. The summed E-state index contributed by atoms with van der Waals surface area (Å²) in [6, 6.07) is 0.293. The SMILES string of the molecule is CCC(C)(C=O)CN(CCOC)C(C)COC. The molecule has 4 nitrogen and oxygen atoms in total. The molecule has 2 unspecified atom stereocenters. The quantitative estimate of drug-likeness (QED) is 0.548. The first-order valence-electron chi connectivity index (χ1n) is 6.21. The van der Waals surface area contributed by atoms with E-state index in [0.717, 1.165) is 25.8 Å². The minimum absolute atomic E-state index is 0.282. The molecule has 0 bridgehead atoms. The molecule has 0 aliphatic heterocycles. The van der Waals surface area contributed by atoms with Gasteiger partial charge in [0.25, 0.3) is 0 Å². The highest BCUT2D eigenvalue weighted by atomic mass is 16.5. The summed E-state index contributed by atoms with van der Waals surface area (Å²) in [6.45, 7) is 9.07. The number of hydrogen-bond acceptors (Lipinski definition) is 4. The number of hydrogen-bond donors (Lipinski definition) is 0. The first-order valence-corrected chi connectivity index (χ1v) is 6.21. The van der Waals surface area contributed by atoms with Gasteiger partial charge in [-0.2, -0.15) is 0 Å². The fourth-order valence-electron chi connectivity index (χ4n) is 1.71. The van der Waals surface area contributed by atoms with Crippen molar-refractivity contribution in [1.29, 1.82) is 0 Å². The lowest BCUT2D eigenvalue weighted by atomic mass is 9.88. The molecule has 0 N–H and O–H groups in total. The monoisotopic (exact) mass is 245 g/mol. The Balaban J connectivity index is 4.50. The van der Waals surface area contributed by atoms with E-state index in [2.05, 4.69) is 11.8 Å². The standard InChI is InChI=1S/C13H27NO3/c1-6-13(3,11-15)10-14(7-8-16-4)12(2)9-17-5/h11-12H,6-10H2,1-5H3. The van der Waals surface area contributed by atoms with E-state index in [4.69, 9.17) is 9.47 Å². The van der Waals surface area contributed by atoms with Crippen LogP contribution in [0.2, 0.25) is 0 Å². The minimum atomic E-state index is -0.282. The molecule has 0 amide bonds. The van der Waals surface area contributed by atoms with Gasteiger partial charge in [0.15, 0.2) is 0 Å². The van der Waals surface area contributed by atoms with Gasteiger partial charge in [-0.25, -0.2) is 0 Å². The van der Waals surface area contributed by atoms with Gasteiger partial charge in [-0.1, -0.05) is 13.8 Å². The second kappa shape index (κ2) is 8.61. The van der Waals surface area contributed by atoms with Crippen molar-refractivity contribution >= 4 is 6.29 Å². The van der Waals surface area contributed by atoms with Crippen LogP contribution in [0.5, 0.6) is 0 Å². The summed E-state index contributed by atoms with van der Waals surface area (Å²) in [7, 11) is 3.39. The number of nitrogens with zero attached hydrogens (tertiary/aromatic N) is 1. The van der Waals surface area contributed by atoms with Crippen molar-refractivity contribution in [3.05, 3.63) is 0 Å². The lowest BCUT2D eigenvalue weighted by Crippen LogP contribution is -2.45. The molecule has 0 saturated carbocycles. The highest BCUT2D eigenvalue weighted by molar-refractivity contribution is 5.58. The molecule has 0 rings (SSSR count). The van der Waals surface area contributed by atoms with E-state index in [9.17, 15) is 4.79 Å². The number of aldehydes is 1. The van der Waals surface area contributed by atoms with Crippen molar-refractivity contribution < 1.29 is 14.3 Å². The smallest absolute Gasteiger partial charge is 0.127 e. The maximum atomic E-state index is 11.2. The normalized spacial score (nSPS) is 16.8. The zero-order chi connectivity index (χ0) is 13.3. The Hall–Kier alpha value is -0.450. The molecule has 0 aromatic carbocycles. The van der Waals surface area contributed by atoms with E-state index < -0.39 is 0 Å². The van der Waals surface area contributed by atoms with E-state index in [-0.39, 0.29) is 5.41 Å². The minimum Gasteiger partial charge on any atom is -0.383 e. The summed E-state index contributed by atoms with van der Waals surface area (Å²) in [5.74, 6) is 0. The third kappa shape index (κ3) is 6.15. The van der Waals surface area contributed by atoms with Crippen molar-refractivity contribution in [3.63, 3.8) is 0 Å². The second-order valence-corrected chi connectivity index (χ2v) is 4.89. The van der Waals surface area contributed by atoms with Crippen LogP contribution in [0.4, 0.5) is 0 Å². The Morgan fingerprint density at radius 2 is 2.00 bits per heavy atom. The number of ether oxygens (including phenoxy) is 2. The van der Waals surface area contributed by atoms with Crippen LogP contribution in [-0.4, -0.2) is 57.8 Å². The van der Waals surface area contributed by atoms with Gasteiger partial charge in [-0.05, 0) is 13.3 Å². The lowest BCUT2D eigenvalue weighted by Gasteiger charge is -2.34. The van der Waals surface area contributed by atoms with E-state index in [0.29, 0.717) is 19.3 Å². The molecule has 0 aliphatic carbocycles. The van der Waals surface area contributed by atoms with Crippen molar-refractivity contribution in [2.75, 3.05) is 40.5 Å². The average Bonchev–Trinajstić information content (AvgIpc) is 2.34. The van der Waals surface area contributed by atoms with Crippen molar-refractivity contribution in [1.82, 2.24) is 4.90 Å². The van der Waals surface area contributed by atoms with Crippen molar-refractivity contribution in [2.45, 2.75) is 33.2 Å². The third-order valence-corrected chi connectivity index (χ3v) is 3.27. The summed E-state index contributed by atoms with van der Waals surface area (Å²) in [5.41, 5.74) is -0.282. The molecule has 0 heterocycles. The van der Waals surface area contributed by atoms with Gasteiger partial charge >= 0.3 is 0 Å². The summed E-state index contributed by atoms with van der Waals surface area (Å²) in [5, 5.41) is 0. The van der Waals surface area contributed by atoms with Gasteiger partial charge in [0.2, 0.25) is 0 Å². The third-order valence-electron chi connectivity index (χ3n) is 3.27. The maximum absolute atomic E-state index is 11.2. The molecule has 0 radical (unpaired) electrons. The first-order chi connectivity index (χ1) is 8.02. The Bertz CT molecular complexity index is 211. The van der Waals surface area contributed by atoms with E-state index in [1.54, 1.807) is 14.2 Å². The van der Waals surface area contributed by atoms with Gasteiger partial charge < -0.3 is 14.3 Å². The van der Waals surface area contributed by atoms with Crippen LogP contribution in [0.25, 0.3) is 0 Å². The van der Waals surface area contributed by atoms with Crippen molar-refractivity contribution in [2.24, 2.45) is 5.41 Å². The summed E-state index contributed by atoms with van der Waals surface area (Å²) in [6.07, 6.45) is 1.91. The molecule has 17 heavy (non-hydrogen) atoms. The topological polar surface area (TPSA) is 38.8 Å².